The van der Waals surface area contributed by atoms with Gasteiger partial charge in [0.1, 0.15) is 0 Å². The highest BCUT2D eigenvalue weighted by Gasteiger charge is 2.25. The fraction of sp³-hybridized carbons (Fsp3) is 0.213. The lowest BCUT2D eigenvalue weighted by Gasteiger charge is -2.32. The van der Waals surface area contributed by atoms with Crippen LogP contribution in [0.25, 0.3) is 67.2 Å². The van der Waals surface area contributed by atoms with Crippen molar-refractivity contribution in [3.05, 3.63) is 146 Å². The fourth-order valence-corrected chi connectivity index (χ4v) is 10.2. The Bertz CT molecular complexity index is 2190. The molecule has 0 bridgehead atoms. The molecule has 3 nitrogen and oxygen atoms in total. The van der Waals surface area contributed by atoms with E-state index in [1.807, 2.05) is 60.7 Å². The topological polar surface area (TPSA) is 38.7 Å². The van der Waals surface area contributed by atoms with Crippen LogP contribution in [-0.2, 0) is 0 Å². The summed E-state index contributed by atoms with van der Waals surface area (Å²) in [6.45, 7) is 14.2. The Kier molecular flexibility index (Phi) is 9.69. The van der Waals surface area contributed by atoms with Crippen molar-refractivity contribution in [2.45, 2.75) is 41.5 Å². The molecule has 0 aliphatic rings. The summed E-state index contributed by atoms with van der Waals surface area (Å²) in [5.41, 5.74) is 8.41. The molecule has 7 aromatic rings. The summed E-state index contributed by atoms with van der Waals surface area (Å²) in [4.78, 5) is 15.0. The Hall–Kier alpha value is -4.98. The van der Waals surface area contributed by atoms with Gasteiger partial charge in [0.25, 0.3) is 0 Å². The van der Waals surface area contributed by atoms with E-state index in [0.29, 0.717) is 28.3 Å². The number of hydrogen-bond donors (Lipinski definition) is 0. The second-order valence-electron chi connectivity index (χ2n) is 15.8. The van der Waals surface area contributed by atoms with Crippen LogP contribution in [0.3, 0.4) is 0 Å². The maximum absolute atomic E-state index is 5.03. The highest BCUT2D eigenvalue weighted by Crippen LogP contribution is 2.46. The summed E-state index contributed by atoms with van der Waals surface area (Å²) in [5, 5.41) is 3.78. The Balaban J connectivity index is 1.25. The molecule has 51 heavy (non-hydrogen) atoms. The third-order valence-corrected chi connectivity index (χ3v) is 12.6. The summed E-state index contributed by atoms with van der Waals surface area (Å²) in [5.74, 6) is 1.99. The Morgan fingerprint density at radius 2 is 0.843 bits per heavy atom. The first-order valence-electron chi connectivity index (χ1n) is 17.9. The summed E-state index contributed by atoms with van der Waals surface area (Å²) in [6, 6.07) is 51.6. The van der Waals surface area contributed by atoms with Gasteiger partial charge in [0.05, 0.1) is 0 Å². The van der Waals surface area contributed by atoms with Gasteiger partial charge in [-0.3, -0.25) is 0 Å². The lowest BCUT2D eigenvalue weighted by atomic mass is 9.93. The first-order valence-corrected chi connectivity index (χ1v) is 19.6. The average Bonchev–Trinajstić information content (AvgIpc) is 3.14. The van der Waals surface area contributed by atoms with E-state index in [9.17, 15) is 0 Å². The second kappa shape index (κ2) is 14.3. The van der Waals surface area contributed by atoms with Crippen LogP contribution in [0.2, 0.25) is 0 Å². The van der Waals surface area contributed by atoms with Crippen LogP contribution in [0.1, 0.15) is 41.5 Å². The van der Waals surface area contributed by atoms with E-state index in [1.165, 1.54) is 45.3 Å². The molecule has 0 radical (unpaired) electrons. The van der Waals surface area contributed by atoms with Gasteiger partial charge in [0.2, 0.25) is 0 Å². The molecule has 0 amide bonds. The summed E-state index contributed by atoms with van der Waals surface area (Å²) in [7, 11) is -0.268. The van der Waals surface area contributed by atoms with Gasteiger partial charge < -0.3 is 0 Å². The van der Waals surface area contributed by atoms with Crippen LogP contribution in [0.15, 0.2) is 146 Å². The van der Waals surface area contributed by atoms with E-state index in [0.717, 1.165) is 22.1 Å². The molecule has 0 aliphatic carbocycles. The molecular formula is C47H46N3P. The van der Waals surface area contributed by atoms with Crippen LogP contribution in [0.4, 0.5) is 0 Å². The normalized spacial score (nSPS) is 12.1. The number of rotatable bonds is 8. The smallest absolute Gasteiger partial charge is 0.164 e. The highest BCUT2D eigenvalue weighted by molar-refractivity contribution is 7.65. The molecule has 1 heterocycles. The molecule has 0 aliphatic heterocycles. The zero-order valence-corrected chi connectivity index (χ0v) is 31.5. The van der Waals surface area contributed by atoms with E-state index in [2.05, 4.69) is 126 Å². The van der Waals surface area contributed by atoms with Gasteiger partial charge in [-0.25, -0.2) is 15.0 Å². The van der Waals surface area contributed by atoms with Gasteiger partial charge in [0.15, 0.2) is 17.5 Å². The van der Waals surface area contributed by atoms with Crippen molar-refractivity contribution < 1.29 is 0 Å². The van der Waals surface area contributed by atoms with Crippen molar-refractivity contribution in [3.8, 4) is 56.4 Å². The van der Waals surface area contributed by atoms with Gasteiger partial charge in [-0.15, -0.1) is 0 Å². The van der Waals surface area contributed by atoms with E-state index in [1.54, 1.807) is 0 Å². The van der Waals surface area contributed by atoms with Crippen LogP contribution in [0.5, 0.6) is 0 Å². The zero-order chi connectivity index (χ0) is 35.6. The lowest BCUT2D eigenvalue weighted by molar-refractivity contribution is 0.460. The Morgan fingerprint density at radius 1 is 0.392 bits per heavy atom. The van der Waals surface area contributed by atoms with Gasteiger partial charge >= 0.3 is 0 Å². The fourth-order valence-electron chi connectivity index (χ4n) is 6.78. The number of hydrogen-bond acceptors (Lipinski definition) is 3. The molecule has 0 unspecified atom stereocenters. The van der Waals surface area contributed by atoms with Crippen LogP contribution < -0.4 is 5.30 Å². The van der Waals surface area contributed by atoms with Crippen molar-refractivity contribution in [1.82, 2.24) is 15.0 Å². The van der Waals surface area contributed by atoms with Crippen molar-refractivity contribution >= 4 is 24.0 Å². The zero-order valence-electron chi connectivity index (χ0n) is 30.6. The van der Waals surface area contributed by atoms with Gasteiger partial charge in [-0.05, 0) is 73.6 Å². The SMILES string of the molecule is CC(C)(C)CP(CC(C)(C)C)c1cccc(-c2ccc(-c3ccc(-c4nc(-c5ccccc5)nc(-c5ccccc5)n4)c4ccccc34)cc2)c1. The van der Waals surface area contributed by atoms with E-state index in [4.69, 9.17) is 15.0 Å². The monoisotopic (exact) mass is 683 g/mol. The molecule has 6 aromatic carbocycles. The molecular weight excluding hydrogens is 638 g/mol. The van der Waals surface area contributed by atoms with Crippen LogP contribution in [0, 0.1) is 10.8 Å². The maximum Gasteiger partial charge on any atom is 0.164 e. The minimum absolute atomic E-state index is 0.268. The quantitative estimate of drug-likeness (QED) is 0.150. The highest BCUT2D eigenvalue weighted by atomic mass is 31.1. The van der Waals surface area contributed by atoms with Gasteiger partial charge in [0, 0.05) is 16.7 Å². The minimum Gasteiger partial charge on any atom is -0.208 e. The first kappa shape index (κ1) is 34.5. The summed E-state index contributed by atoms with van der Waals surface area (Å²) in [6.07, 6.45) is 2.47. The predicted molar refractivity (Wildman–Crippen MR) is 220 cm³/mol. The third-order valence-electron chi connectivity index (χ3n) is 8.94. The van der Waals surface area contributed by atoms with E-state index >= 15 is 0 Å². The molecule has 0 N–H and O–H groups in total. The number of fused-ring (bicyclic) bond motifs is 1. The molecule has 1 aromatic heterocycles. The molecule has 0 saturated carbocycles. The van der Waals surface area contributed by atoms with Crippen molar-refractivity contribution in [1.29, 1.82) is 0 Å². The van der Waals surface area contributed by atoms with Crippen molar-refractivity contribution in [2.75, 3.05) is 12.3 Å². The first-order chi connectivity index (χ1) is 24.5. The molecule has 0 atom stereocenters. The number of benzene rings is 6. The standard InChI is InChI=1S/C47H46N3P/c1-46(2,3)31-51(32-47(4,5)6)38-21-15-20-37(30-38)33-24-26-34(27-25-33)39-28-29-42(41-23-14-13-22-40(39)41)45-49-43(35-16-9-7-10-17-35)48-44(50-45)36-18-11-8-12-19-36/h7-30H,31-32H2,1-6H3. The van der Waals surface area contributed by atoms with E-state index < -0.39 is 0 Å². The molecule has 7 rings (SSSR count). The largest absolute Gasteiger partial charge is 0.208 e. The van der Waals surface area contributed by atoms with Crippen molar-refractivity contribution in [3.63, 3.8) is 0 Å². The predicted octanol–water partition coefficient (Wildman–Crippen LogP) is 12.6. The Morgan fingerprint density at radius 3 is 1.39 bits per heavy atom. The van der Waals surface area contributed by atoms with Gasteiger partial charge in [-0.2, -0.15) is 0 Å². The summed E-state index contributed by atoms with van der Waals surface area (Å²) >= 11 is 0. The summed E-state index contributed by atoms with van der Waals surface area (Å²) < 4.78 is 0. The van der Waals surface area contributed by atoms with E-state index in [-0.39, 0.29) is 7.92 Å². The molecule has 0 fully saturated rings. The molecule has 0 saturated heterocycles. The molecule has 254 valence electrons. The van der Waals surface area contributed by atoms with Crippen LogP contribution >= 0.6 is 7.92 Å². The minimum atomic E-state index is -0.268. The number of nitrogens with zero attached hydrogens (tertiary/aromatic N) is 3. The third kappa shape index (κ3) is 8.16. The van der Waals surface area contributed by atoms with Crippen molar-refractivity contribution in [2.24, 2.45) is 10.8 Å². The Labute approximate surface area is 304 Å². The maximum atomic E-state index is 5.03. The second-order valence-corrected chi connectivity index (χ2v) is 18.1. The van der Waals surface area contributed by atoms with Gasteiger partial charge in [-0.1, -0.05) is 183 Å². The average molecular weight is 684 g/mol. The molecule has 4 heteroatoms. The van der Waals surface area contributed by atoms with Crippen LogP contribution in [-0.4, -0.2) is 27.3 Å². The molecule has 0 spiro atoms. The lowest BCUT2D eigenvalue weighted by Crippen LogP contribution is -2.22. The number of aromatic nitrogens is 3.